The summed E-state index contributed by atoms with van der Waals surface area (Å²) in [4.78, 5) is 12.8. The number of hydrogen-bond donors (Lipinski definition) is 1. The van der Waals surface area contributed by atoms with Crippen molar-refractivity contribution in [1.29, 1.82) is 0 Å². The molecular weight excluding hydrogens is 221 g/mol. The van der Waals surface area contributed by atoms with E-state index >= 15 is 0 Å². The van der Waals surface area contributed by atoms with Crippen LogP contribution in [0.25, 0.3) is 0 Å². The van der Waals surface area contributed by atoms with Gasteiger partial charge in [-0.15, -0.1) is 0 Å². The lowest BCUT2D eigenvalue weighted by Gasteiger charge is -2.23. The highest BCUT2D eigenvalue weighted by molar-refractivity contribution is 5.76. The minimum atomic E-state index is -4.20. The lowest BCUT2D eigenvalue weighted by Crippen LogP contribution is -2.36. The maximum atomic E-state index is 12.1. The highest BCUT2D eigenvalue weighted by Crippen LogP contribution is 2.30. The number of carbonyl (C=O) groups is 1. The van der Waals surface area contributed by atoms with E-state index in [2.05, 4.69) is 0 Å². The molecule has 0 aromatic heterocycles. The molecule has 3 nitrogen and oxygen atoms in total. The first-order valence-electron chi connectivity index (χ1n) is 5.47. The summed E-state index contributed by atoms with van der Waals surface area (Å²) in [5, 5.41) is 0. The monoisotopic (exact) mass is 238 g/mol. The average Bonchev–Trinajstić information content (AvgIpc) is 2.94. The van der Waals surface area contributed by atoms with Gasteiger partial charge in [-0.25, -0.2) is 0 Å². The zero-order valence-corrected chi connectivity index (χ0v) is 9.09. The molecule has 1 aliphatic carbocycles. The van der Waals surface area contributed by atoms with Gasteiger partial charge in [0.05, 0.1) is 6.42 Å². The molecule has 1 rings (SSSR count). The van der Waals surface area contributed by atoms with Gasteiger partial charge in [0.2, 0.25) is 5.91 Å². The number of nitrogens with two attached hydrogens (primary N) is 1. The summed E-state index contributed by atoms with van der Waals surface area (Å²) in [6, 6.07) is 0. The third kappa shape index (κ3) is 5.34. The zero-order chi connectivity index (χ0) is 12.2. The predicted octanol–water partition coefficient (Wildman–Crippen LogP) is 1.53. The molecule has 0 aliphatic heterocycles. The average molecular weight is 238 g/mol. The van der Waals surface area contributed by atoms with Crippen molar-refractivity contribution >= 4 is 5.91 Å². The van der Waals surface area contributed by atoms with Gasteiger partial charge in [-0.1, -0.05) is 0 Å². The van der Waals surface area contributed by atoms with Crippen LogP contribution in [0.3, 0.4) is 0 Å². The normalized spacial score (nSPS) is 16.2. The van der Waals surface area contributed by atoms with E-state index in [0.717, 1.165) is 12.8 Å². The Balaban J connectivity index is 2.39. The molecule has 0 aromatic carbocycles. The molecule has 6 heteroatoms. The molecule has 2 N–H and O–H groups in total. The van der Waals surface area contributed by atoms with Crippen molar-refractivity contribution in [3.8, 4) is 0 Å². The standard InChI is InChI=1S/C10H17F3N2O/c11-10(12,13)4-6-15(7-8-1-2-8)9(16)3-5-14/h8H,1-7,14H2. The van der Waals surface area contributed by atoms with E-state index in [1.54, 1.807) is 0 Å². The van der Waals surface area contributed by atoms with Crippen LogP contribution in [0.4, 0.5) is 13.2 Å². The van der Waals surface area contributed by atoms with Gasteiger partial charge in [-0.2, -0.15) is 13.2 Å². The van der Waals surface area contributed by atoms with Crippen molar-refractivity contribution in [2.24, 2.45) is 11.7 Å². The van der Waals surface area contributed by atoms with Gasteiger partial charge in [0.25, 0.3) is 0 Å². The number of amides is 1. The van der Waals surface area contributed by atoms with E-state index in [1.165, 1.54) is 4.90 Å². The van der Waals surface area contributed by atoms with Gasteiger partial charge < -0.3 is 10.6 Å². The van der Waals surface area contributed by atoms with E-state index in [9.17, 15) is 18.0 Å². The Bertz CT molecular complexity index is 239. The molecule has 1 saturated carbocycles. The van der Waals surface area contributed by atoms with Gasteiger partial charge >= 0.3 is 6.18 Å². The van der Waals surface area contributed by atoms with Crippen LogP contribution in [0.2, 0.25) is 0 Å². The Morgan fingerprint density at radius 2 is 2.00 bits per heavy atom. The van der Waals surface area contributed by atoms with Gasteiger partial charge in [-0.3, -0.25) is 4.79 Å². The molecule has 0 radical (unpaired) electrons. The Morgan fingerprint density at radius 3 is 2.44 bits per heavy atom. The first-order chi connectivity index (χ1) is 7.42. The molecule has 0 spiro atoms. The topological polar surface area (TPSA) is 46.3 Å². The second-order valence-electron chi connectivity index (χ2n) is 4.19. The molecule has 0 atom stereocenters. The SMILES string of the molecule is NCCC(=O)N(CCC(F)(F)F)CC1CC1. The fraction of sp³-hybridized carbons (Fsp3) is 0.900. The van der Waals surface area contributed by atoms with E-state index < -0.39 is 12.6 Å². The minimum Gasteiger partial charge on any atom is -0.342 e. The highest BCUT2D eigenvalue weighted by atomic mass is 19.4. The quantitative estimate of drug-likeness (QED) is 0.762. The number of nitrogens with zero attached hydrogens (tertiary/aromatic N) is 1. The summed E-state index contributed by atoms with van der Waals surface area (Å²) < 4.78 is 36.2. The zero-order valence-electron chi connectivity index (χ0n) is 9.09. The lowest BCUT2D eigenvalue weighted by atomic mass is 10.2. The molecule has 1 fully saturated rings. The van der Waals surface area contributed by atoms with Crippen molar-refractivity contribution < 1.29 is 18.0 Å². The highest BCUT2D eigenvalue weighted by Gasteiger charge is 2.31. The van der Waals surface area contributed by atoms with Crippen molar-refractivity contribution in [3.63, 3.8) is 0 Å². The first-order valence-corrected chi connectivity index (χ1v) is 5.47. The summed E-state index contributed by atoms with van der Waals surface area (Å²) in [7, 11) is 0. The van der Waals surface area contributed by atoms with Crippen LogP contribution < -0.4 is 5.73 Å². The summed E-state index contributed by atoms with van der Waals surface area (Å²) >= 11 is 0. The van der Waals surface area contributed by atoms with E-state index in [1.807, 2.05) is 0 Å². The van der Waals surface area contributed by atoms with Crippen LogP contribution in [-0.4, -0.2) is 36.6 Å². The van der Waals surface area contributed by atoms with Crippen molar-refractivity contribution in [2.75, 3.05) is 19.6 Å². The summed E-state index contributed by atoms with van der Waals surface area (Å²) in [5.41, 5.74) is 5.23. The minimum absolute atomic E-state index is 0.130. The third-order valence-corrected chi connectivity index (χ3v) is 2.55. The molecule has 94 valence electrons. The fourth-order valence-corrected chi connectivity index (χ4v) is 1.47. The van der Waals surface area contributed by atoms with Gasteiger partial charge in [0.15, 0.2) is 0 Å². The van der Waals surface area contributed by atoms with E-state index in [4.69, 9.17) is 5.73 Å². The summed E-state index contributed by atoms with van der Waals surface area (Å²) in [6.07, 6.45) is -2.98. The summed E-state index contributed by atoms with van der Waals surface area (Å²) in [6.45, 7) is 0.403. The van der Waals surface area contributed by atoms with Crippen LogP contribution in [0.15, 0.2) is 0 Å². The molecule has 0 unspecified atom stereocenters. The van der Waals surface area contributed by atoms with Crippen LogP contribution in [0.5, 0.6) is 0 Å². The summed E-state index contributed by atoms with van der Waals surface area (Å²) in [5.74, 6) is 0.133. The fourth-order valence-electron chi connectivity index (χ4n) is 1.47. The van der Waals surface area contributed by atoms with Gasteiger partial charge in [0.1, 0.15) is 0 Å². The maximum absolute atomic E-state index is 12.1. The van der Waals surface area contributed by atoms with E-state index in [0.29, 0.717) is 12.5 Å². The largest absolute Gasteiger partial charge is 0.390 e. The molecule has 1 aliphatic rings. The number of halogens is 3. The molecule has 0 heterocycles. The smallest absolute Gasteiger partial charge is 0.342 e. The number of carbonyl (C=O) groups excluding carboxylic acids is 1. The van der Waals surface area contributed by atoms with Crippen LogP contribution in [0, 0.1) is 5.92 Å². The van der Waals surface area contributed by atoms with Crippen LogP contribution in [-0.2, 0) is 4.79 Å². The van der Waals surface area contributed by atoms with Crippen molar-refractivity contribution in [2.45, 2.75) is 31.9 Å². The third-order valence-electron chi connectivity index (χ3n) is 2.55. The molecule has 0 bridgehead atoms. The number of alkyl halides is 3. The number of rotatable bonds is 6. The second kappa shape index (κ2) is 5.52. The Kier molecular flexibility index (Phi) is 4.58. The first kappa shape index (κ1) is 13.3. The van der Waals surface area contributed by atoms with E-state index in [-0.39, 0.29) is 25.4 Å². The van der Waals surface area contributed by atoms with Gasteiger partial charge in [-0.05, 0) is 18.8 Å². The molecule has 1 amide bonds. The Morgan fingerprint density at radius 1 is 1.38 bits per heavy atom. The van der Waals surface area contributed by atoms with Crippen molar-refractivity contribution in [3.05, 3.63) is 0 Å². The Hall–Kier alpha value is -0.780. The van der Waals surface area contributed by atoms with Crippen molar-refractivity contribution in [1.82, 2.24) is 4.90 Å². The van der Waals surface area contributed by atoms with Crippen LogP contribution >= 0.6 is 0 Å². The molecule has 0 aromatic rings. The lowest BCUT2D eigenvalue weighted by molar-refractivity contribution is -0.145. The maximum Gasteiger partial charge on any atom is 0.390 e. The predicted molar refractivity (Wildman–Crippen MR) is 53.6 cm³/mol. The molecule has 16 heavy (non-hydrogen) atoms. The Labute approximate surface area is 92.8 Å². The van der Waals surface area contributed by atoms with Crippen LogP contribution in [0.1, 0.15) is 25.7 Å². The molecular formula is C10H17F3N2O. The van der Waals surface area contributed by atoms with Gasteiger partial charge in [0, 0.05) is 26.1 Å². The number of hydrogen-bond acceptors (Lipinski definition) is 2. The molecule has 0 saturated heterocycles. The second-order valence-corrected chi connectivity index (χ2v) is 4.19.